The topological polar surface area (TPSA) is 63.9 Å². The predicted octanol–water partition coefficient (Wildman–Crippen LogP) is 12.1. The number of fused-ring (bicyclic) bond motifs is 6. The van der Waals surface area contributed by atoms with Crippen molar-refractivity contribution < 1.29 is 4.42 Å². The van der Waals surface area contributed by atoms with Gasteiger partial charge in [0.2, 0.25) is 0 Å². The maximum atomic E-state index is 6.72. The quantitative estimate of drug-likeness (QED) is 0.108. The van der Waals surface area contributed by atoms with Crippen LogP contribution in [0.15, 0.2) is 178 Å². The van der Waals surface area contributed by atoms with Crippen LogP contribution in [0.25, 0.3) is 65.7 Å². The van der Waals surface area contributed by atoms with Crippen molar-refractivity contribution in [3.05, 3.63) is 169 Å². The molecule has 1 aromatic heterocycles. The van der Waals surface area contributed by atoms with Gasteiger partial charge < -0.3 is 10.2 Å². The molecule has 0 radical (unpaired) electrons. The average molecular weight is 674 g/mol. The number of hydrogen-bond donors (Lipinski definition) is 1. The van der Waals surface area contributed by atoms with Gasteiger partial charge in [0.05, 0.1) is 6.04 Å². The zero-order valence-corrected chi connectivity index (χ0v) is 29.2. The van der Waals surface area contributed by atoms with Gasteiger partial charge in [0.25, 0.3) is 0 Å². The molecule has 2 aliphatic carbocycles. The van der Waals surface area contributed by atoms with Gasteiger partial charge in [-0.1, -0.05) is 134 Å². The number of aliphatic imine (C=N–C) groups is 2. The van der Waals surface area contributed by atoms with Gasteiger partial charge >= 0.3 is 0 Å². The first kappa shape index (κ1) is 31.7. The van der Waals surface area contributed by atoms with Crippen molar-refractivity contribution in [2.24, 2.45) is 21.6 Å². The fourth-order valence-electron chi connectivity index (χ4n) is 7.72. The lowest BCUT2D eigenvalue weighted by molar-refractivity contribution is 0.540. The highest BCUT2D eigenvalue weighted by Gasteiger charge is 2.18. The van der Waals surface area contributed by atoms with Crippen molar-refractivity contribution >= 4 is 55.2 Å². The number of allylic oxidation sites excluding steroid dienone is 5. The molecule has 4 nitrogen and oxygen atoms in total. The van der Waals surface area contributed by atoms with Gasteiger partial charge in [-0.05, 0) is 94.3 Å². The number of furan rings is 1. The summed E-state index contributed by atoms with van der Waals surface area (Å²) < 4.78 is 6.43. The first-order chi connectivity index (χ1) is 25.6. The van der Waals surface area contributed by atoms with Crippen LogP contribution in [0.4, 0.5) is 0 Å². The molecule has 0 bridgehead atoms. The minimum atomic E-state index is 0.0806. The number of amidine groups is 2. The van der Waals surface area contributed by atoms with E-state index in [1.54, 1.807) is 0 Å². The van der Waals surface area contributed by atoms with Crippen LogP contribution in [-0.4, -0.2) is 17.7 Å². The van der Waals surface area contributed by atoms with Crippen LogP contribution in [0.3, 0.4) is 0 Å². The molecule has 0 fully saturated rings. The van der Waals surface area contributed by atoms with Crippen molar-refractivity contribution in [1.82, 2.24) is 0 Å². The summed E-state index contributed by atoms with van der Waals surface area (Å²) in [5, 5.41) is 7.20. The SMILES string of the molecule is CC(N=C(N=C(N)c1ccc(-c2cccc3oc4ccc(-c5cc6ccccc6c6ccccc56)cc4c23)cc1)C1=CCCC=C1)C1C=CC=CC1. The molecule has 7 aromatic rings. The Balaban J connectivity index is 1.09. The molecule has 52 heavy (non-hydrogen) atoms. The van der Waals surface area contributed by atoms with Gasteiger partial charge in [-0.2, -0.15) is 0 Å². The summed E-state index contributed by atoms with van der Waals surface area (Å²) in [6, 6.07) is 40.9. The summed E-state index contributed by atoms with van der Waals surface area (Å²) in [4.78, 5) is 10.0. The highest BCUT2D eigenvalue weighted by molar-refractivity contribution is 6.17. The van der Waals surface area contributed by atoms with E-state index in [-0.39, 0.29) is 6.04 Å². The van der Waals surface area contributed by atoms with E-state index in [0.29, 0.717) is 17.6 Å². The van der Waals surface area contributed by atoms with Gasteiger partial charge in [-0.25, -0.2) is 4.99 Å². The second kappa shape index (κ2) is 13.5. The van der Waals surface area contributed by atoms with Gasteiger partial charge in [0, 0.05) is 27.8 Å². The standard InChI is InChI=1S/C48H39N3O/c1-31(32-13-4-2-5-14-32)50-48(35-15-6-3-7-16-35)51-47(49)34-25-23-33(24-26-34)39-21-12-22-45-46(39)43-30-37(27-28-44(43)52-45)42-29-36-17-8-9-18-38(36)40-19-10-11-20-41(40)42/h2,4-6,8-13,15-32H,3,7,14H2,1H3,(H2,49,50,51). The normalized spacial score (nSPS) is 17.0. The second-order valence-electron chi connectivity index (χ2n) is 13.8. The Morgan fingerprint density at radius 3 is 2.33 bits per heavy atom. The van der Waals surface area contributed by atoms with E-state index in [0.717, 1.165) is 69.0 Å². The minimum Gasteiger partial charge on any atom is -0.456 e. The predicted molar refractivity (Wildman–Crippen MR) is 220 cm³/mol. The summed E-state index contributed by atoms with van der Waals surface area (Å²) in [6.07, 6.45) is 18.1. The number of hydrogen-bond acceptors (Lipinski definition) is 2. The Labute approximate surface area is 303 Å². The highest BCUT2D eigenvalue weighted by atomic mass is 16.3. The first-order valence-electron chi connectivity index (χ1n) is 18.2. The van der Waals surface area contributed by atoms with E-state index in [1.165, 1.54) is 27.1 Å². The van der Waals surface area contributed by atoms with Gasteiger partial charge in [0.1, 0.15) is 17.0 Å². The Morgan fingerprint density at radius 1 is 0.712 bits per heavy atom. The number of benzene rings is 6. The summed E-state index contributed by atoms with van der Waals surface area (Å²) in [5.41, 5.74) is 14.9. The summed E-state index contributed by atoms with van der Waals surface area (Å²) >= 11 is 0. The van der Waals surface area contributed by atoms with E-state index < -0.39 is 0 Å². The third-order valence-electron chi connectivity index (χ3n) is 10.5. The first-order valence-corrected chi connectivity index (χ1v) is 18.2. The fraction of sp³-hybridized carbons (Fsp3) is 0.125. The fourth-order valence-corrected chi connectivity index (χ4v) is 7.72. The summed E-state index contributed by atoms with van der Waals surface area (Å²) in [6.45, 7) is 2.16. The Kier molecular flexibility index (Phi) is 8.21. The van der Waals surface area contributed by atoms with Crippen LogP contribution in [0.1, 0.15) is 31.7 Å². The van der Waals surface area contributed by atoms with E-state index in [1.807, 2.05) is 0 Å². The third-order valence-corrected chi connectivity index (χ3v) is 10.5. The molecule has 2 N–H and O–H groups in total. The molecular formula is C48H39N3O. The molecule has 2 aliphatic rings. The van der Waals surface area contributed by atoms with Crippen LogP contribution in [0, 0.1) is 5.92 Å². The van der Waals surface area contributed by atoms with E-state index in [4.69, 9.17) is 20.1 Å². The number of nitrogens with zero attached hydrogens (tertiary/aromatic N) is 2. The lowest BCUT2D eigenvalue weighted by Gasteiger charge is -2.19. The average Bonchev–Trinajstić information content (AvgIpc) is 3.59. The summed E-state index contributed by atoms with van der Waals surface area (Å²) in [7, 11) is 0. The Hall–Kier alpha value is -6.26. The molecule has 6 aromatic carbocycles. The van der Waals surface area contributed by atoms with Crippen molar-refractivity contribution in [1.29, 1.82) is 0 Å². The molecule has 2 unspecified atom stereocenters. The summed E-state index contributed by atoms with van der Waals surface area (Å²) in [5.74, 6) is 1.49. The molecule has 4 heteroatoms. The van der Waals surface area contributed by atoms with Crippen LogP contribution >= 0.6 is 0 Å². The monoisotopic (exact) mass is 673 g/mol. The molecule has 0 spiro atoms. The van der Waals surface area contributed by atoms with Crippen LogP contribution in [0.2, 0.25) is 0 Å². The second-order valence-corrected chi connectivity index (χ2v) is 13.8. The van der Waals surface area contributed by atoms with E-state index >= 15 is 0 Å². The molecule has 0 amide bonds. The molecule has 0 saturated heterocycles. The van der Waals surface area contributed by atoms with Crippen molar-refractivity contribution in [2.45, 2.75) is 32.2 Å². The Bertz CT molecular complexity index is 2680. The molecule has 1 heterocycles. The maximum Gasteiger partial charge on any atom is 0.156 e. The third kappa shape index (κ3) is 5.86. The van der Waals surface area contributed by atoms with Gasteiger partial charge in [-0.3, -0.25) is 4.99 Å². The van der Waals surface area contributed by atoms with Crippen molar-refractivity contribution in [3.8, 4) is 22.3 Å². The zero-order chi connectivity index (χ0) is 35.0. The molecule has 2 atom stereocenters. The van der Waals surface area contributed by atoms with E-state index in [9.17, 15) is 0 Å². The molecule has 9 rings (SSSR count). The van der Waals surface area contributed by atoms with Crippen LogP contribution < -0.4 is 5.73 Å². The lowest BCUT2D eigenvalue weighted by atomic mass is 9.92. The zero-order valence-electron chi connectivity index (χ0n) is 29.2. The van der Waals surface area contributed by atoms with E-state index in [2.05, 4.69) is 165 Å². The largest absolute Gasteiger partial charge is 0.456 e. The lowest BCUT2D eigenvalue weighted by Crippen LogP contribution is -2.20. The molecule has 252 valence electrons. The maximum absolute atomic E-state index is 6.72. The smallest absolute Gasteiger partial charge is 0.156 e. The number of rotatable bonds is 6. The highest BCUT2D eigenvalue weighted by Crippen LogP contribution is 2.41. The molecular weight excluding hydrogens is 635 g/mol. The molecule has 0 aliphatic heterocycles. The minimum absolute atomic E-state index is 0.0806. The van der Waals surface area contributed by atoms with Crippen LogP contribution in [-0.2, 0) is 0 Å². The van der Waals surface area contributed by atoms with Gasteiger partial charge in [-0.15, -0.1) is 0 Å². The Morgan fingerprint density at radius 2 is 1.52 bits per heavy atom. The molecule has 0 saturated carbocycles. The van der Waals surface area contributed by atoms with Crippen molar-refractivity contribution in [3.63, 3.8) is 0 Å². The van der Waals surface area contributed by atoms with Crippen LogP contribution in [0.5, 0.6) is 0 Å². The number of nitrogens with two attached hydrogens (primary N) is 1. The van der Waals surface area contributed by atoms with Gasteiger partial charge in [0.15, 0.2) is 5.84 Å². The van der Waals surface area contributed by atoms with Crippen molar-refractivity contribution in [2.75, 3.05) is 0 Å².